The van der Waals surface area contributed by atoms with Gasteiger partial charge in [0.05, 0.1) is 33.0 Å². The maximum Gasteiger partial charge on any atom is 0.417 e. The van der Waals surface area contributed by atoms with E-state index in [1.54, 1.807) is 0 Å². The van der Waals surface area contributed by atoms with E-state index >= 15 is 0 Å². The van der Waals surface area contributed by atoms with Crippen LogP contribution in [0.25, 0.3) is 11.1 Å². The van der Waals surface area contributed by atoms with E-state index in [1.165, 1.54) is 0 Å². The van der Waals surface area contributed by atoms with Crippen molar-refractivity contribution < 1.29 is 48.3 Å². The van der Waals surface area contributed by atoms with Gasteiger partial charge in [0.15, 0.2) is 11.6 Å². The second kappa shape index (κ2) is 9.20. The van der Waals surface area contributed by atoms with Crippen molar-refractivity contribution in [3.8, 4) is 24.3 Å². The molecule has 15 heteroatoms. The third-order valence-corrected chi connectivity index (χ3v) is 4.52. The van der Waals surface area contributed by atoms with Gasteiger partial charge in [0.25, 0.3) is 0 Å². The quantitative estimate of drug-likeness (QED) is 0.505. The third kappa shape index (κ3) is 4.91. The van der Waals surface area contributed by atoms with Crippen molar-refractivity contribution in [2.45, 2.75) is 18.5 Å². The molecule has 0 spiro atoms. The van der Waals surface area contributed by atoms with Crippen LogP contribution in [0.15, 0.2) is 18.2 Å². The fourth-order valence-corrected chi connectivity index (χ4v) is 3.05. The first-order valence-electron chi connectivity index (χ1n) is 8.71. The van der Waals surface area contributed by atoms with Gasteiger partial charge in [-0.15, -0.1) is 0 Å². The van der Waals surface area contributed by atoms with E-state index < -0.39 is 79.6 Å². The Hall–Kier alpha value is -4.63. The normalized spacial score (nSPS) is 12.6. The summed E-state index contributed by atoms with van der Waals surface area (Å²) in [5.41, 5.74) is -13.2. The van der Waals surface area contributed by atoms with E-state index in [4.69, 9.17) is 15.8 Å². The molecule has 2 rings (SSSR count). The number of rotatable bonds is 1. The molecule has 2 aromatic rings. The third-order valence-electron chi connectivity index (χ3n) is 4.52. The van der Waals surface area contributed by atoms with Gasteiger partial charge in [-0.05, 0) is 23.8 Å². The lowest BCUT2D eigenvalue weighted by Crippen LogP contribution is -2.32. The molecule has 4 nitrogen and oxygen atoms in total. The molecule has 0 bridgehead atoms. The maximum atomic E-state index is 14.8. The van der Waals surface area contributed by atoms with E-state index in [0.717, 1.165) is 18.2 Å². The first kappa shape index (κ1) is 27.6. The molecule has 0 saturated carbocycles. The van der Waals surface area contributed by atoms with Crippen LogP contribution in [0.5, 0.6) is 0 Å². The predicted octanol–water partition coefficient (Wildman–Crippen LogP) is 4.81. The van der Waals surface area contributed by atoms with Gasteiger partial charge >= 0.3 is 18.5 Å². The molecule has 0 aromatic heterocycles. The van der Waals surface area contributed by atoms with Gasteiger partial charge in [-0.3, -0.25) is 0 Å². The Kier molecular flexibility index (Phi) is 7.05. The van der Waals surface area contributed by atoms with Crippen molar-refractivity contribution in [1.82, 2.24) is 0 Å². The van der Waals surface area contributed by atoms with Gasteiger partial charge in [-0.25, -0.2) is 8.78 Å². The molecule has 0 aliphatic carbocycles. The highest BCUT2D eigenvalue weighted by Crippen LogP contribution is 2.41. The van der Waals surface area contributed by atoms with Gasteiger partial charge in [0.2, 0.25) is 0 Å². The Morgan fingerprint density at radius 2 is 1.06 bits per heavy atom. The molecule has 0 unspecified atom stereocenters. The lowest BCUT2D eigenvalue weighted by atomic mass is 9.92. The van der Waals surface area contributed by atoms with Crippen LogP contribution < -0.4 is 10.4 Å². The minimum absolute atomic E-state index is 0.215. The van der Waals surface area contributed by atoms with Crippen LogP contribution in [-0.2, 0) is 18.5 Å². The summed E-state index contributed by atoms with van der Waals surface area (Å²) in [6.45, 7) is 0. The van der Waals surface area contributed by atoms with Gasteiger partial charge in [-0.1, -0.05) is 0 Å². The number of benzene rings is 2. The first-order valence-corrected chi connectivity index (χ1v) is 8.71. The highest BCUT2D eigenvalue weighted by atomic mass is 19.4. The van der Waals surface area contributed by atoms with Gasteiger partial charge in [0.1, 0.15) is 29.8 Å². The molecule has 0 atom stereocenters. The smallest absolute Gasteiger partial charge is 0.203 e. The summed E-state index contributed by atoms with van der Waals surface area (Å²) in [6, 6.07) is 2.68. The van der Waals surface area contributed by atoms with Crippen LogP contribution in [0, 0.1) is 57.0 Å². The lowest BCUT2D eigenvalue weighted by molar-refractivity contribution is -0.143. The Morgan fingerprint density at radius 3 is 1.39 bits per heavy atom. The van der Waals surface area contributed by atoms with Crippen LogP contribution in [0.4, 0.5) is 48.3 Å². The molecular formula is C21H3F11N4. The summed E-state index contributed by atoms with van der Waals surface area (Å²) in [6.07, 6.45) is -16.9. The molecule has 0 heterocycles. The Labute approximate surface area is 192 Å². The standard InChI is InChI=1S/C21H3F11N4/c22-17-10(3-15(21(30,31)32)16(18(17)23)9(4-33)5-34)11(6-35)8-1-13(19(24,25)26)12(7-36)14(2-8)20(27,28)29/h1-3H/b11-10+. The molecule has 0 aliphatic rings. The van der Waals surface area contributed by atoms with E-state index in [-0.39, 0.29) is 18.2 Å². The molecule has 184 valence electrons. The van der Waals surface area contributed by atoms with Crippen molar-refractivity contribution in [3.05, 3.63) is 68.1 Å². The fraction of sp³-hybridized carbons (Fsp3) is 0.143. The van der Waals surface area contributed by atoms with Crippen LogP contribution >= 0.6 is 0 Å². The Balaban J connectivity index is 3.32. The predicted molar refractivity (Wildman–Crippen MR) is 94.5 cm³/mol. The minimum atomic E-state index is -5.64. The molecule has 0 amide bonds. The zero-order valence-corrected chi connectivity index (χ0v) is 16.7. The second-order valence-corrected chi connectivity index (χ2v) is 6.61. The van der Waals surface area contributed by atoms with Gasteiger partial charge < -0.3 is 0 Å². The molecule has 0 saturated heterocycles. The summed E-state index contributed by atoms with van der Waals surface area (Å²) in [5.74, 6) is -4.88. The average Bonchev–Trinajstić information content (AvgIpc) is 2.76. The van der Waals surface area contributed by atoms with Gasteiger partial charge in [-0.2, -0.15) is 60.6 Å². The molecular weight excluding hydrogens is 517 g/mol. The maximum absolute atomic E-state index is 14.8. The van der Waals surface area contributed by atoms with Crippen molar-refractivity contribution >= 4 is 11.1 Å². The number of alkyl halides is 9. The van der Waals surface area contributed by atoms with Crippen LogP contribution in [0.2, 0.25) is 0 Å². The topological polar surface area (TPSA) is 95.2 Å². The highest BCUT2D eigenvalue weighted by molar-refractivity contribution is 5.79. The largest absolute Gasteiger partial charge is 0.417 e. The van der Waals surface area contributed by atoms with Crippen LogP contribution in [0.3, 0.4) is 0 Å². The van der Waals surface area contributed by atoms with E-state index in [2.05, 4.69) is 0 Å². The number of hydrogen-bond acceptors (Lipinski definition) is 4. The molecule has 0 aliphatic heterocycles. The molecule has 2 aromatic carbocycles. The second-order valence-electron chi connectivity index (χ2n) is 6.61. The number of nitrogens with zero attached hydrogens (tertiary/aromatic N) is 4. The number of nitriles is 4. The highest BCUT2D eigenvalue weighted by Gasteiger charge is 2.42. The molecule has 36 heavy (non-hydrogen) atoms. The van der Waals surface area contributed by atoms with Crippen LogP contribution in [-0.4, -0.2) is 0 Å². The van der Waals surface area contributed by atoms with Crippen molar-refractivity contribution in [3.63, 3.8) is 0 Å². The molecule has 0 N–H and O–H groups in total. The average molecular weight is 520 g/mol. The zero-order valence-electron chi connectivity index (χ0n) is 16.7. The lowest BCUT2D eigenvalue weighted by Gasteiger charge is -2.17. The monoisotopic (exact) mass is 520 g/mol. The first-order chi connectivity index (χ1) is 16.4. The fourth-order valence-electron chi connectivity index (χ4n) is 3.05. The van der Waals surface area contributed by atoms with E-state index in [9.17, 15) is 53.6 Å². The van der Waals surface area contributed by atoms with Crippen LogP contribution in [0.1, 0.15) is 27.8 Å². The summed E-state index contributed by atoms with van der Waals surface area (Å²) in [4.78, 5) is 0. The van der Waals surface area contributed by atoms with Crippen molar-refractivity contribution in [1.29, 1.82) is 21.0 Å². The molecule has 0 fully saturated rings. The Morgan fingerprint density at radius 1 is 0.611 bits per heavy atom. The van der Waals surface area contributed by atoms with Crippen molar-refractivity contribution in [2.75, 3.05) is 0 Å². The summed E-state index contributed by atoms with van der Waals surface area (Å²) in [7, 11) is 0. The summed E-state index contributed by atoms with van der Waals surface area (Å²) < 4.78 is 150. The summed E-state index contributed by atoms with van der Waals surface area (Å²) >= 11 is 0. The Bertz CT molecular complexity index is 1500. The van der Waals surface area contributed by atoms with Gasteiger partial charge in [0, 0.05) is 5.22 Å². The van der Waals surface area contributed by atoms with Crippen molar-refractivity contribution in [2.24, 2.45) is 0 Å². The van der Waals surface area contributed by atoms with E-state index in [1.807, 2.05) is 0 Å². The van der Waals surface area contributed by atoms with E-state index in [0.29, 0.717) is 6.07 Å². The number of halogens is 11. The minimum Gasteiger partial charge on any atom is -0.203 e. The zero-order chi connectivity index (χ0) is 27.8. The summed E-state index contributed by atoms with van der Waals surface area (Å²) in [5, 5.41) is 32.2. The SMILES string of the molecule is N#CC(C#N)=c1c(C(F)(F)F)c/c(=C(/C#N)c2cc(C(F)(F)F)c(C#N)c(C(F)(F)F)c2)c(F)c1F. The molecule has 0 radical (unpaired) electrons. The number of hydrogen-bond donors (Lipinski definition) is 0.